The van der Waals surface area contributed by atoms with Gasteiger partial charge in [-0.05, 0) is 29.8 Å². The second kappa shape index (κ2) is 7.64. The summed E-state index contributed by atoms with van der Waals surface area (Å²) in [6.45, 7) is 0.261. The first-order valence-electron chi connectivity index (χ1n) is 6.65. The van der Waals surface area contributed by atoms with Crippen LogP contribution in [0.1, 0.15) is 28.1 Å². The lowest BCUT2D eigenvalue weighted by Crippen LogP contribution is -2.26. The smallest absolute Gasteiger partial charge is 0.307 e. The number of benzene rings is 1. The minimum atomic E-state index is -0.429. The number of amides is 1. The van der Waals surface area contributed by atoms with Crippen LogP contribution >= 0.6 is 0 Å². The van der Waals surface area contributed by atoms with Crippen molar-refractivity contribution in [2.24, 2.45) is 0 Å². The Morgan fingerprint density at radius 2 is 2.14 bits per heavy atom. The predicted molar refractivity (Wildman–Crippen MR) is 76.6 cm³/mol. The van der Waals surface area contributed by atoms with Crippen LogP contribution in [0, 0.1) is 11.3 Å². The van der Waals surface area contributed by atoms with Gasteiger partial charge in [0.25, 0.3) is 5.91 Å². The maximum Gasteiger partial charge on any atom is 0.307 e. The lowest BCUT2D eigenvalue weighted by atomic mass is 10.1. The van der Waals surface area contributed by atoms with E-state index in [2.05, 4.69) is 5.32 Å². The van der Waals surface area contributed by atoms with Crippen molar-refractivity contribution in [1.29, 1.82) is 5.26 Å². The fourth-order valence-corrected chi connectivity index (χ4v) is 1.74. The molecule has 0 radical (unpaired) electrons. The molecular formula is C16H14N2O4. The third-order valence-corrected chi connectivity index (χ3v) is 2.82. The Bertz CT molecular complexity index is 686. The topological polar surface area (TPSA) is 92.3 Å². The van der Waals surface area contributed by atoms with Gasteiger partial charge in [0.1, 0.15) is 6.61 Å². The number of nitrogens with one attached hydrogen (secondary N) is 1. The highest BCUT2D eigenvalue weighted by atomic mass is 16.5. The number of furan rings is 1. The van der Waals surface area contributed by atoms with E-state index in [4.69, 9.17) is 14.4 Å². The van der Waals surface area contributed by atoms with Crippen molar-refractivity contribution in [3.05, 3.63) is 59.5 Å². The van der Waals surface area contributed by atoms with Crippen LogP contribution in [0.5, 0.6) is 0 Å². The van der Waals surface area contributed by atoms with Crippen molar-refractivity contribution >= 4 is 11.9 Å². The minimum absolute atomic E-state index is 0.0599. The van der Waals surface area contributed by atoms with E-state index in [1.807, 2.05) is 6.07 Å². The van der Waals surface area contributed by atoms with Gasteiger partial charge in [0, 0.05) is 6.54 Å². The van der Waals surface area contributed by atoms with Crippen molar-refractivity contribution in [2.75, 3.05) is 6.54 Å². The number of rotatable bonds is 6. The number of carbonyl (C=O) groups is 2. The van der Waals surface area contributed by atoms with E-state index in [9.17, 15) is 9.59 Å². The number of hydrogen-bond acceptors (Lipinski definition) is 5. The quantitative estimate of drug-likeness (QED) is 0.823. The summed E-state index contributed by atoms with van der Waals surface area (Å²) in [5, 5.41) is 11.3. The molecule has 0 aliphatic carbocycles. The van der Waals surface area contributed by atoms with Gasteiger partial charge in [-0.15, -0.1) is 0 Å². The van der Waals surface area contributed by atoms with Crippen LogP contribution < -0.4 is 5.32 Å². The van der Waals surface area contributed by atoms with Crippen LogP contribution in [-0.4, -0.2) is 18.4 Å². The Labute approximate surface area is 127 Å². The van der Waals surface area contributed by atoms with Crippen molar-refractivity contribution in [1.82, 2.24) is 5.32 Å². The maximum atomic E-state index is 11.6. The molecule has 1 N–H and O–H groups in total. The summed E-state index contributed by atoms with van der Waals surface area (Å²) >= 11 is 0. The first-order valence-corrected chi connectivity index (χ1v) is 6.65. The molecule has 0 spiro atoms. The first kappa shape index (κ1) is 15.3. The fraction of sp³-hybridized carbons (Fsp3) is 0.188. The molecular weight excluding hydrogens is 284 g/mol. The zero-order chi connectivity index (χ0) is 15.8. The summed E-state index contributed by atoms with van der Waals surface area (Å²) in [6.07, 6.45) is 1.46. The van der Waals surface area contributed by atoms with Gasteiger partial charge in [-0.2, -0.15) is 5.26 Å². The number of nitriles is 1. The zero-order valence-electron chi connectivity index (χ0n) is 11.7. The lowest BCUT2D eigenvalue weighted by molar-refractivity contribution is -0.144. The van der Waals surface area contributed by atoms with Crippen molar-refractivity contribution in [3.63, 3.8) is 0 Å². The summed E-state index contributed by atoms with van der Waals surface area (Å²) in [5.74, 6) is -0.608. The Balaban J connectivity index is 1.70. The Hall–Kier alpha value is -3.07. The van der Waals surface area contributed by atoms with Crippen LogP contribution in [0.2, 0.25) is 0 Å². The predicted octanol–water partition coefficient (Wildman–Crippen LogP) is 2.01. The van der Waals surface area contributed by atoms with E-state index >= 15 is 0 Å². The molecule has 0 aliphatic heterocycles. The number of carbonyl (C=O) groups excluding carboxylic acids is 2. The van der Waals surface area contributed by atoms with Gasteiger partial charge in [-0.25, -0.2) is 0 Å². The molecule has 0 unspecified atom stereocenters. The molecule has 6 heteroatoms. The van der Waals surface area contributed by atoms with E-state index in [0.717, 1.165) is 5.56 Å². The third-order valence-electron chi connectivity index (χ3n) is 2.82. The summed E-state index contributed by atoms with van der Waals surface area (Å²) in [7, 11) is 0. The van der Waals surface area contributed by atoms with E-state index in [1.165, 1.54) is 12.3 Å². The molecule has 0 aliphatic rings. The number of ether oxygens (including phenoxy) is 1. The highest BCUT2D eigenvalue weighted by Gasteiger charge is 2.09. The highest BCUT2D eigenvalue weighted by molar-refractivity contribution is 5.91. The van der Waals surface area contributed by atoms with E-state index in [-0.39, 0.29) is 31.2 Å². The van der Waals surface area contributed by atoms with Gasteiger partial charge in [-0.3, -0.25) is 9.59 Å². The van der Waals surface area contributed by atoms with E-state index in [0.29, 0.717) is 5.56 Å². The van der Waals surface area contributed by atoms with Crippen LogP contribution in [-0.2, 0) is 16.1 Å². The lowest BCUT2D eigenvalue weighted by Gasteiger charge is -2.06. The first-order chi connectivity index (χ1) is 10.7. The molecule has 0 fully saturated rings. The summed E-state index contributed by atoms with van der Waals surface area (Å²) in [4.78, 5) is 23.1. The second-order valence-electron chi connectivity index (χ2n) is 4.46. The standard InChI is InChI=1S/C16H14N2O4/c17-10-12-3-1-4-13(9-12)11-22-15(19)6-7-18-16(20)14-5-2-8-21-14/h1-5,8-9H,6-7,11H2,(H,18,20). The summed E-state index contributed by atoms with van der Waals surface area (Å²) in [5.41, 5.74) is 1.26. The molecule has 1 amide bonds. The van der Waals surface area contributed by atoms with Crippen LogP contribution in [0.15, 0.2) is 47.1 Å². The Kier molecular flexibility index (Phi) is 5.32. The monoisotopic (exact) mass is 298 g/mol. The Morgan fingerprint density at radius 3 is 2.86 bits per heavy atom. The number of nitrogens with zero attached hydrogens (tertiary/aromatic N) is 1. The normalized spacial score (nSPS) is 9.77. The van der Waals surface area contributed by atoms with Crippen LogP contribution in [0.3, 0.4) is 0 Å². The largest absolute Gasteiger partial charge is 0.461 e. The molecule has 0 saturated carbocycles. The van der Waals surface area contributed by atoms with Crippen LogP contribution in [0.4, 0.5) is 0 Å². The third kappa shape index (κ3) is 4.49. The molecule has 1 aromatic carbocycles. The minimum Gasteiger partial charge on any atom is -0.461 e. The van der Waals surface area contributed by atoms with Gasteiger partial charge in [0.2, 0.25) is 0 Å². The fourth-order valence-electron chi connectivity index (χ4n) is 1.74. The molecule has 2 aromatic rings. The van der Waals surface area contributed by atoms with Gasteiger partial charge in [0.05, 0.1) is 24.3 Å². The van der Waals surface area contributed by atoms with Gasteiger partial charge in [-0.1, -0.05) is 12.1 Å². The van der Waals surface area contributed by atoms with Gasteiger partial charge in [0.15, 0.2) is 5.76 Å². The van der Waals surface area contributed by atoms with E-state index in [1.54, 1.807) is 30.3 Å². The molecule has 0 bridgehead atoms. The van der Waals surface area contributed by atoms with Crippen molar-refractivity contribution in [2.45, 2.75) is 13.0 Å². The molecule has 0 atom stereocenters. The average Bonchev–Trinajstić information content (AvgIpc) is 3.07. The SMILES string of the molecule is N#Cc1cccc(COC(=O)CCNC(=O)c2ccco2)c1. The van der Waals surface area contributed by atoms with E-state index < -0.39 is 5.97 Å². The van der Waals surface area contributed by atoms with Gasteiger partial charge >= 0.3 is 5.97 Å². The summed E-state index contributed by atoms with van der Waals surface area (Å²) in [6, 6.07) is 12.0. The second-order valence-corrected chi connectivity index (χ2v) is 4.46. The Morgan fingerprint density at radius 1 is 1.27 bits per heavy atom. The molecule has 0 saturated heterocycles. The average molecular weight is 298 g/mol. The summed E-state index contributed by atoms with van der Waals surface area (Å²) < 4.78 is 10.0. The molecule has 6 nitrogen and oxygen atoms in total. The van der Waals surface area contributed by atoms with Crippen LogP contribution in [0.25, 0.3) is 0 Å². The molecule has 1 aromatic heterocycles. The highest BCUT2D eigenvalue weighted by Crippen LogP contribution is 2.06. The zero-order valence-corrected chi connectivity index (χ0v) is 11.7. The molecule has 22 heavy (non-hydrogen) atoms. The van der Waals surface area contributed by atoms with Crippen molar-refractivity contribution in [3.8, 4) is 6.07 Å². The molecule has 1 heterocycles. The number of hydrogen-bond donors (Lipinski definition) is 1. The number of esters is 1. The molecule has 112 valence electrons. The van der Waals surface area contributed by atoms with Crippen molar-refractivity contribution < 1.29 is 18.7 Å². The van der Waals surface area contributed by atoms with Gasteiger partial charge < -0.3 is 14.5 Å². The maximum absolute atomic E-state index is 11.6. The molecule has 2 rings (SSSR count).